The highest BCUT2D eigenvalue weighted by molar-refractivity contribution is 7.99. The molecule has 16 heteroatoms. The van der Waals surface area contributed by atoms with Gasteiger partial charge in [-0.3, -0.25) is 23.4 Å². The molecule has 5 atom stereocenters. The standard InChI is InChI=1S/C31H51F4N2O8PS/c32-24-22-37(30(40)36-29(24)39)26-21-25(38)27(44-26)28(31(33,34)35)45-46(41,42)43-18-20-47-19-14-9-7-5-3-1-2-4-6-8-11-15-23-16-12-10-13-17-23/h22-23,25-28,38H,1-21H2,(H,41,42)(H,36,39,40)/t25-,26+,27-,28-/m0/s1. The summed E-state index contributed by atoms with van der Waals surface area (Å²) in [6.07, 6.45) is 7.88. The van der Waals surface area contributed by atoms with Crippen LogP contribution in [0.1, 0.15) is 122 Å². The SMILES string of the molecule is O=c1[nH]c(=O)n([C@H]2C[C@H](O)[C@@H]([C@H](OP(=O)(O)OCCSCCCCCCCCCCCCCC3CCCCC3)C(F)(F)F)O2)cc1F. The van der Waals surface area contributed by atoms with E-state index >= 15 is 0 Å². The van der Waals surface area contributed by atoms with Gasteiger partial charge in [-0.05, 0) is 18.1 Å². The monoisotopic (exact) mass is 718 g/mol. The fourth-order valence-corrected chi connectivity index (χ4v) is 8.14. The first kappa shape index (κ1) is 40.2. The summed E-state index contributed by atoms with van der Waals surface area (Å²) < 4.78 is 82.1. The zero-order valence-corrected chi connectivity index (χ0v) is 28.7. The van der Waals surface area contributed by atoms with Gasteiger partial charge in [-0.25, -0.2) is 9.36 Å². The number of nitrogens with one attached hydrogen (secondary N) is 1. The second-order valence-corrected chi connectivity index (χ2v) is 15.3. The van der Waals surface area contributed by atoms with Crippen LogP contribution in [0.15, 0.2) is 15.8 Å². The zero-order chi connectivity index (χ0) is 34.3. The molecule has 0 spiro atoms. The van der Waals surface area contributed by atoms with Crippen LogP contribution in [0.2, 0.25) is 0 Å². The highest BCUT2D eigenvalue weighted by atomic mass is 32.2. The topological polar surface area (TPSA) is 140 Å². The molecule has 0 amide bonds. The van der Waals surface area contributed by atoms with E-state index in [0.29, 0.717) is 10.8 Å². The number of aromatic nitrogens is 2. The Labute approximate surface area is 278 Å². The first-order chi connectivity index (χ1) is 22.4. The average molecular weight is 719 g/mol. The molecular weight excluding hydrogens is 667 g/mol. The predicted molar refractivity (Wildman–Crippen MR) is 172 cm³/mol. The van der Waals surface area contributed by atoms with Gasteiger partial charge >= 0.3 is 19.7 Å². The molecule has 1 aromatic heterocycles. The number of aliphatic hydroxyl groups is 1. The number of nitrogens with zero attached hydrogens (tertiary/aromatic N) is 1. The van der Waals surface area contributed by atoms with Crippen LogP contribution in [-0.2, 0) is 18.3 Å². The Balaban J connectivity index is 1.23. The smallest absolute Gasteiger partial charge is 0.390 e. The quantitative estimate of drug-likeness (QED) is 0.0637. The summed E-state index contributed by atoms with van der Waals surface area (Å²) in [6.45, 7) is -0.341. The molecule has 0 bridgehead atoms. The van der Waals surface area contributed by atoms with Crippen molar-refractivity contribution in [3.63, 3.8) is 0 Å². The summed E-state index contributed by atoms with van der Waals surface area (Å²) in [4.78, 5) is 34.8. The van der Waals surface area contributed by atoms with Crippen molar-refractivity contribution in [3.05, 3.63) is 32.9 Å². The third-order valence-corrected chi connectivity index (χ3v) is 10.9. The third kappa shape index (κ3) is 14.7. The van der Waals surface area contributed by atoms with Gasteiger partial charge in [0.2, 0.25) is 5.82 Å². The maximum Gasteiger partial charge on any atom is 0.472 e. The lowest BCUT2D eigenvalue weighted by Gasteiger charge is -2.28. The summed E-state index contributed by atoms with van der Waals surface area (Å²) in [5.74, 6) is 0.630. The second-order valence-electron chi connectivity index (χ2n) is 12.7. The molecule has 1 aromatic rings. The summed E-state index contributed by atoms with van der Waals surface area (Å²) in [5, 5.41) is 10.2. The number of thioether (sulfide) groups is 1. The number of phosphoric acid groups is 1. The number of ether oxygens (including phenoxy) is 1. The fourth-order valence-electron chi connectivity index (χ4n) is 6.29. The van der Waals surface area contributed by atoms with Crippen molar-refractivity contribution in [3.8, 4) is 0 Å². The maximum absolute atomic E-state index is 13.8. The highest BCUT2D eigenvalue weighted by Crippen LogP contribution is 2.50. The lowest BCUT2D eigenvalue weighted by atomic mass is 9.85. The molecule has 1 unspecified atom stereocenters. The predicted octanol–water partition coefficient (Wildman–Crippen LogP) is 7.38. The number of hydrogen-bond donors (Lipinski definition) is 3. The Bertz CT molecular complexity index is 1210. The normalized spacial score (nSPS) is 22.8. The minimum Gasteiger partial charge on any atom is -0.390 e. The Kier molecular flexibility index (Phi) is 17.5. The molecule has 3 rings (SSSR count). The molecule has 2 fully saturated rings. The number of halogens is 4. The Morgan fingerprint density at radius 3 is 2.19 bits per heavy atom. The third-order valence-electron chi connectivity index (χ3n) is 8.85. The lowest BCUT2D eigenvalue weighted by molar-refractivity contribution is -0.240. The first-order valence-corrected chi connectivity index (χ1v) is 19.7. The van der Waals surface area contributed by atoms with E-state index in [-0.39, 0.29) is 12.4 Å². The number of phosphoric ester groups is 1. The summed E-state index contributed by atoms with van der Waals surface area (Å²) in [6, 6.07) is 0. The Morgan fingerprint density at radius 2 is 1.57 bits per heavy atom. The molecule has 1 aliphatic carbocycles. The van der Waals surface area contributed by atoms with Crippen molar-refractivity contribution in [1.82, 2.24) is 9.55 Å². The molecule has 0 aromatic carbocycles. The molecular formula is C31H51F4N2O8PS. The fraction of sp³-hybridized carbons (Fsp3) is 0.871. The lowest BCUT2D eigenvalue weighted by Crippen LogP contribution is -2.46. The molecule has 1 saturated heterocycles. The van der Waals surface area contributed by atoms with Gasteiger partial charge in [0, 0.05) is 12.2 Å². The second kappa shape index (κ2) is 20.5. The van der Waals surface area contributed by atoms with Crippen LogP contribution in [0, 0.1) is 11.7 Å². The number of hydrogen-bond acceptors (Lipinski definition) is 8. The van der Waals surface area contributed by atoms with E-state index in [9.17, 15) is 41.7 Å². The van der Waals surface area contributed by atoms with Gasteiger partial charge in [0.15, 0.2) is 6.10 Å². The van der Waals surface area contributed by atoms with Gasteiger partial charge in [-0.1, -0.05) is 103 Å². The van der Waals surface area contributed by atoms with Crippen LogP contribution in [0.3, 0.4) is 0 Å². The van der Waals surface area contributed by atoms with Gasteiger partial charge in [-0.15, -0.1) is 0 Å². The summed E-state index contributed by atoms with van der Waals surface area (Å²) in [7, 11) is -5.23. The van der Waals surface area contributed by atoms with E-state index in [1.165, 1.54) is 102 Å². The molecule has 47 heavy (non-hydrogen) atoms. The molecule has 3 N–H and O–H groups in total. The Hall–Kier alpha value is -1.22. The number of aromatic amines is 1. The van der Waals surface area contributed by atoms with Crippen LogP contribution in [0.25, 0.3) is 0 Å². The van der Waals surface area contributed by atoms with Gasteiger partial charge in [-0.2, -0.15) is 29.3 Å². The summed E-state index contributed by atoms with van der Waals surface area (Å²) >= 11 is 1.45. The van der Waals surface area contributed by atoms with Crippen LogP contribution < -0.4 is 11.2 Å². The van der Waals surface area contributed by atoms with E-state index in [1.54, 1.807) is 4.98 Å². The van der Waals surface area contributed by atoms with Crippen LogP contribution >= 0.6 is 19.6 Å². The van der Waals surface area contributed by atoms with Crippen LogP contribution in [-0.4, -0.2) is 62.2 Å². The van der Waals surface area contributed by atoms with Gasteiger partial charge < -0.3 is 14.7 Å². The van der Waals surface area contributed by atoms with Gasteiger partial charge in [0.25, 0.3) is 5.56 Å². The molecule has 1 aliphatic heterocycles. The van der Waals surface area contributed by atoms with E-state index in [2.05, 4.69) is 4.52 Å². The number of unbranched alkanes of at least 4 members (excludes halogenated alkanes) is 10. The molecule has 1 saturated carbocycles. The van der Waals surface area contributed by atoms with Crippen molar-refractivity contribution >= 4 is 19.6 Å². The van der Waals surface area contributed by atoms with E-state index in [1.807, 2.05) is 0 Å². The minimum atomic E-state index is -5.27. The first-order valence-electron chi connectivity index (χ1n) is 17.0. The van der Waals surface area contributed by atoms with Crippen molar-refractivity contribution in [2.45, 2.75) is 146 Å². The number of rotatable bonds is 22. The van der Waals surface area contributed by atoms with E-state index < -0.39 is 62.0 Å². The largest absolute Gasteiger partial charge is 0.472 e. The average Bonchev–Trinajstić information content (AvgIpc) is 3.39. The molecule has 2 aliphatic rings. The number of H-pyrrole nitrogens is 1. The van der Waals surface area contributed by atoms with E-state index in [4.69, 9.17) is 9.26 Å². The minimum absolute atomic E-state index is 0.260. The van der Waals surface area contributed by atoms with Crippen molar-refractivity contribution in [2.24, 2.45) is 5.92 Å². The highest BCUT2D eigenvalue weighted by Gasteiger charge is 2.55. The number of alkyl halides is 3. The van der Waals surface area contributed by atoms with Gasteiger partial charge in [0.1, 0.15) is 12.3 Å². The molecule has 0 radical (unpaired) electrons. The van der Waals surface area contributed by atoms with Crippen molar-refractivity contribution in [2.75, 3.05) is 18.1 Å². The molecule has 2 heterocycles. The zero-order valence-electron chi connectivity index (χ0n) is 27.0. The van der Waals surface area contributed by atoms with Crippen LogP contribution in [0.5, 0.6) is 0 Å². The summed E-state index contributed by atoms with van der Waals surface area (Å²) in [5.41, 5.74) is -2.52. The van der Waals surface area contributed by atoms with Crippen molar-refractivity contribution in [1.29, 1.82) is 0 Å². The maximum atomic E-state index is 13.8. The van der Waals surface area contributed by atoms with Gasteiger partial charge in [0.05, 0.1) is 18.9 Å². The Morgan fingerprint density at radius 1 is 0.979 bits per heavy atom. The van der Waals surface area contributed by atoms with E-state index in [0.717, 1.165) is 30.9 Å². The van der Waals surface area contributed by atoms with Crippen LogP contribution in [0.4, 0.5) is 17.6 Å². The molecule has 10 nitrogen and oxygen atoms in total. The van der Waals surface area contributed by atoms with Crippen molar-refractivity contribution < 1.29 is 45.9 Å². The molecule has 272 valence electrons. The number of aliphatic hydroxyl groups excluding tert-OH is 1.